The van der Waals surface area contributed by atoms with E-state index in [9.17, 15) is 14.7 Å². The van der Waals surface area contributed by atoms with Gasteiger partial charge in [0.15, 0.2) is 5.54 Å². The highest BCUT2D eigenvalue weighted by molar-refractivity contribution is 5.86. The van der Waals surface area contributed by atoms with Gasteiger partial charge in [0.25, 0.3) is 5.91 Å². The van der Waals surface area contributed by atoms with Crippen molar-refractivity contribution >= 4 is 11.9 Å². The maximum atomic E-state index is 12.0. The van der Waals surface area contributed by atoms with Crippen LogP contribution in [0.25, 0.3) is 0 Å². The van der Waals surface area contributed by atoms with Crippen LogP contribution >= 0.6 is 0 Å². The normalized spacial score (nSPS) is 11.6. The van der Waals surface area contributed by atoms with Gasteiger partial charge in [0.2, 0.25) is 0 Å². The molecule has 0 aromatic rings. The highest BCUT2D eigenvalue weighted by Gasteiger charge is 2.38. The molecule has 0 saturated heterocycles. The lowest BCUT2D eigenvalue weighted by Gasteiger charge is -2.33. The maximum Gasteiger partial charge on any atom is 0.281 e. The smallest absolute Gasteiger partial charge is 0.281 e. The lowest BCUT2D eigenvalue weighted by atomic mass is 10.0. The van der Waals surface area contributed by atoms with Crippen molar-refractivity contribution in [2.24, 2.45) is 0 Å². The van der Waals surface area contributed by atoms with Gasteiger partial charge < -0.3 is 29.6 Å². The quantitative estimate of drug-likeness (QED) is 0.439. The summed E-state index contributed by atoms with van der Waals surface area (Å²) in [7, 11) is 3.19. The summed E-state index contributed by atoms with van der Waals surface area (Å²) in [6.07, 6.45) is 0. The van der Waals surface area contributed by atoms with E-state index in [1.165, 1.54) is 0 Å². The summed E-state index contributed by atoms with van der Waals surface area (Å²) < 4.78 is 10.1. The Labute approximate surface area is 113 Å². The Kier molecular flexibility index (Phi) is 8.29. The zero-order valence-corrected chi connectivity index (χ0v) is 12.1. The van der Waals surface area contributed by atoms with Crippen LogP contribution in [0.5, 0.6) is 0 Å². The average Bonchev–Trinajstić information content (AvgIpc) is 2.35. The first-order valence-corrected chi connectivity index (χ1v) is 6.17. The summed E-state index contributed by atoms with van der Waals surface area (Å²) in [6.45, 7) is 5.32. The van der Waals surface area contributed by atoms with Crippen LogP contribution in [0, 0.1) is 0 Å². The standard InChI is InChI=1S/C12H24N2O5/c1-12(2,11(17)13-9-10(15)16)14(5-7-18-3)6-8-19-4/h5-9H2,1-4H3,(H,13,17)(H,15,16). The molecule has 0 aromatic carbocycles. The maximum absolute atomic E-state index is 12.0. The molecule has 0 unspecified atom stereocenters. The first kappa shape index (κ1) is 17.8. The SMILES string of the molecule is COCC[NH+](CCOC)C(C)(C)C(=O)NCC(=O)[O-]. The van der Waals surface area contributed by atoms with Gasteiger partial charge in [-0.1, -0.05) is 0 Å². The molecule has 0 heterocycles. The molecule has 0 radical (unpaired) electrons. The van der Waals surface area contributed by atoms with Gasteiger partial charge in [-0.15, -0.1) is 0 Å². The van der Waals surface area contributed by atoms with Gasteiger partial charge in [-0.3, -0.25) is 4.79 Å². The molecular formula is C12H24N2O5. The van der Waals surface area contributed by atoms with Crippen LogP contribution in [0.2, 0.25) is 0 Å². The zero-order chi connectivity index (χ0) is 14.9. The van der Waals surface area contributed by atoms with E-state index >= 15 is 0 Å². The van der Waals surface area contributed by atoms with Crippen LogP contribution in [0.4, 0.5) is 0 Å². The molecule has 0 spiro atoms. The fourth-order valence-electron chi connectivity index (χ4n) is 1.73. The zero-order valence-electron chi connectivity index (χ0n) is 12.1. The molecule has 7 nitrogen and oxygen atoms in total. The number of carbonyl (C=O) groups excluding carboxylic acids is 2. The average molecular weight is 276 g/mol. The lowest BCUT2D eigenvalue weighted by Crippen LogP contribution is -3.21. The Morgan fingerprint density at radius 3 is 2.00 bits per heavy atom. The summed E-state index contributed by atoms with van der Waals surface area (Å²) >= 11 is 0. The number of nitrogens with one attached hydrogen (secondary N) is 2. The van der Waals surface area contributed by atoms with Crippen molar-refractivity contribution in [3.05, 3.63) is 0 Å². The molecule has 0 rings (SSSR count). The van der Waals surface area contributed by atoms with Gasteiger partial charge in [-0.2, -0.15) is 0 Å². The minimum atomic E-state index is -1.31. The number of carboxylic acids is 1. The van der Waals surface area contributed by atoms with E-state index in [1.54, 1.807) is 28.1 Å². The number of hydrogen-bond acceptors (Lipinski definition) is 5. The van der Waals surface area contributed by atoms with E-state index in [4.69, 9.17) is 9.47 Å². The molecule has 0 aliphatic heterocycles. The Morgan fingerprint density at radius 1 is 1.16 bits per heavy atom. The van der Waals surface area contributed by atoms with Gasteiger partial charge in [0, 0.05) is 14.2 Å². The van der Waals surface area contributed by atoms with Gasteiger partial charge in [0.1, 0.15) is 13.1 Å². The second-order valence-electron chi connectivity index (χ2n) is 4.77. The van der Waals surface area contributed by atoms with Crippen molar-refractivity contribution in [2.75, 3.05) is 47.1 Å². The summed E-state index contributed by atoms with van der Waals surface area (Å²) in [5.74, 6) is -1.64. The first-order chi connectivity index (χ1) is 8.86. The number of rotatable bonds is 10. The van der Waals surface area contributed by atoms with Crippen molar-refractivity contribution in [3.63, 3.8) is 0 Å². The Bertz CT molecular complexity index is 286. The molecular weight excluding hydrogens is 252 g/mol. The van der Waals surface area contributed by atoms with Crippen LogP contribution in [-0.2, 0) is 19.1 Å². The van der Waals surface area contributed by atoms with Crippen molar-refractivity contribution in [1.29, 1.82) is 0 Å². The Morgan fingerprint density at radius 2 is 1.63 bits per heavy atom. The van der Waals surface area contributed by atoms with Crippen molar-refractivity contribution in [2.45, 2.75) is 19.4 Å². The van der Waals surface area contributed by atoms with Crippen LogP contribution in [0.3, 0.4) is 0 Å². The summed E-state index contributed by atoms with van der Waals surface area (Å²) in [6, 6.07) is 0. The van der Waals surface area contributed by atoms with E-state index in [2.05, 4.69) is 5.32 Å². The number of aliphatic carboxylic acids is 1. The molecule has 19 heavy (non-hydrogen) atoms. The van der Waals surface area contributed by atoms with E-state index in [-0.39, 0.29) is 5.91 Å². The second-order valence-corrected chi connectivity index (χ2v) is 4.77. The number of hydrogen-bond donors (Lipinski definition) is 2. The van der Waals surface area contributed by atoms with E-state index in [0.717, 1.165) is 4.90 Å². The Hall–Kier alpha value is -1.18. The van der Waals surface area contributed by atoms with Crippen LogP contribution in [0.1, 0.15) is 13.8 Å². The highest BCUT2D eigenvalue weighted by Crippen LogP contribution is 1.96. The number of amides is 1. The molecule has 2 N–H and O–H groups in total. The summed E-state index contributed by atoms with van der Waals surface area (Å²) in [5.41, 5.74) is -0.771. The van der Waals surface area contributed by atoms with E-state index in [1.807, 2.05) is 0 Å². The third-order valence-electron chi connectivity index (χ3n) is 3.06. The van der Waals surface area contributed by atoms with Gasteiger partial charge in [-0.25, -0.2) is 0 Å². The molecule has 0 aliphatic rings. The highest BCUT2D eigenvalue weighted by atomic mass is 16.5. The molecule has 7 heteroatoms. The van der Waals surface area contributed by atoms with Crippen LogP contribution in [0.15, 0.2) is 0 Å². The Balaban J connectivity index is 4.62. The molecule has 0 bridgehead atoms. The monoisotopic (exact) mass is 276 g/mol. The molecule has 112 valence electrons. The second kappa shape index (κ2) is 8.84. The molecule has 0 fully saturated rings. The topological polar surface area (TPSA) is 92.1 Å². The fraction of sp³-hybridized carbons (Fsp3) is 0.833. The van der Waals surface area contributed by atoms with E-state index in [0.29, 0.717) is 26.3 Å². The van der Waals surface area contributed by atoms with Crippen LogP contribution in [-0.4, -0.2) is 64.5 Å². The number of carboxylic acid groups (broad SMARTS) is 1. The van der Waals surface area contributed by atoms with Gasteiger partial charge in [0.05, 0.1) is 25.7 Å². The number of quaternary nitrogens is 1. The van der Waals surface area contributed by atoms with Gasteiger partial charge in [-0.05, 0) is 13.8 Å². The van der Waals surface area contributed by atoms with Crippen molar-refractivity contribution < 1.29 is 29.1 Å². The predicted octanol–water partition coefficient (Wildman–Crippen LogP) is -3.19. The predicted molar refractivity (Wildman–Crippen MR) is 66.5 cm³/mol. The molecule has 0 saturated carbocycles. The minimum Gasteiger partial charge on any atom is -0.548 e. The molecule has 0 atom stereocenters. The number of carbonyl (C=O) groups is 2. The summed E-state index contributed by atoms with van der Waals surface area (Å²) in [5, 5.41) is 12.7. The number of methoxy groups -OCH3 is 2. The molecule has 0 aromatic heterocycles. The first-order valence-electron chi connectivity index (χ1n) is 6.17. The lowest BCUT2D eigenvalue weighted by molar-refractivity contribution is -0.938. The van der Waals surface area contributed by atoms with Crippen LogP contribution < -0.4 is 15.3 Å². The van der Waals surface area contributed by atoms with Crippen molar-refractivity contribution in [3.8, 4) is 0 Å². The molecule has 0 aliphatic carbocycles. The molecule has 1 amide bonds. The van der Waals surface area contributed by atoms with Gasteiger partial charge >= 0.3 is 0 Å². The third-order valence-corrected chi connectivity index (χ3v) is 3.06. The largest absolute Gasteiger partial charge is 0.548 e. The summed E-state index contributed by atoms with van der Waals surface area (Å²) in [4.78, 5) is 23.4. The van der Waals surface area contributed by atoms with Crippen molar-refractivity contribution in [1.82, 2.24) is 5.32 Å². The number of ether oxygens (including phenoxy) is 2. The third kappa shape index (κ3) is 6.51. The fourth-order valence-corrected chi connectivity index (χ4v) is 1.73. The minimum absolute atomic E-state index is 0.334. The van der Waals surface area contributed by atoms with E-state index < -0.39 is 18.1 Å².